The van der Waals surface area contributed by atoms with Crippen LogP contribution in [-0.2, 0) is 10.1 Å². The smallest absolute Gasteiger partial charge is 0.322 e. The van der Waals surface area contributed by atoms with E-state index in [1.54, 1.807) is 19.2 Å². The van der Waals surface area contributed by atoms with Crippen molar-refractivity contribution in [3.63, 3.8) is 0 Å². The summed E-state index contributed by atoms with van der Waals surface area (Å²) in [6, 6.07) is 7.33. The molecule has 1 aliphatic heterocycles. The Labute approximate surface area is 258 Å². The number of phenols is 1. The summed E-state index contributed by atoms with van der Waals surface area (Å²) in [7, 11) is 12.7. The number of hydrogen-bond acceptors (Lipinski definition) is 6. The van der Waals surface area contributed by atoms with E-state index in [0.29, 0.717) is 15.8 Å². The molecule has 0 spiro atoms. The molecule has 4 aromatic rings. The fourth-order valence-electron chi connectivity index (χ4n) is 5.27. The van der Waals surface area contributed by atoms with Gasteiger partial charge in [0.15, 0.2) is 11.3 Å². The Kier molecular flexibility index (Phi) is 7.59. The number of fused-ring (bicyclic) bond motifs is 1. The summed E-state index contributed by atoms with van der Waals surface area (Å²) in [6.07, 6.45) is 2.58. The van der Waals surface area contributed by atoms with Crippen LogP contribution in [0.25, 0.3) is 28.1 Å². The second kappa shape index (κ2) is 10.7. The lowest BCUT2D eigenvalue weighted by molar-refractivity contribution is -0.143. The molecule has 1 aromatic carbocycles. The second-order valence-corrected chi connectivity index (χ2v) is 11.6. The first-order chi connectivity index (χ1) is 20.1. The van der Waals surface area contributed by atoms with E-state index in [-0.39, 0.29) is 49.8 Å². The maximum Gasteiger partial charge on any atom is 0.322 e. The van der Waals surface area contributed by atoms with Crippen LogP contribution in [0, 0.1) is 6.92 Å². The fourth-order valence-corrected chi connectivity index (χ4v) is 5.77. The molecule has 0 atom stereocenters. The third-order valence-corrected chi connectivity index (χ3v) is 8.19. The quantitative estimate of drug-likeness (QED) is 0.201. The zero-order chi connectivity index (χ0) is 31.6. The standard InChI is InChI=1S/C29H24B2Cl2FN5O4/c1-5-20(41)37-12-28(34,13-37)29(30,31)39-18-11-17(33)23(21-16(32)7-6-8-19(21)40)36-25(18)38(26(42)27(39)43)24-15(4)9-10-35-22(24)14(2)3/h5-11,14,40H,1,12-13H2,2-4H3. The number of nitrogens with zero attached hydrogens (tertiary/aromatic N) is 5. The number of halogens is 3. The Morgan fingerprint density at radius 2 is 1.86 bits per heavy atom. The van der Waals surface area contributed by atoms with Crippen molar-refractivity contribution in [2.24, 2.45) is 0 Å². The number of phenolic OH excluding ortho intramolecular Hbond substituents is 1. The first-order valence-electron chi connectivity index (χ1n) is 13.1. The predicted molar refractivity (Wildman–Crippen MR) is 165 cm³/mol. The van der Waals surface area contributed by atoms with E-state index in [4.69, 9.17) is 38.9 Å². The van der Waals surface area contributed by atoms with E-state index >= 15 is 4.39 Å². The van der Waals surface area contributed by atoms with Crippen molar-refractivity contribution in [3.8, 4) is 22.7 Å². The zero-order valence-electron chi connectivity index (χ0n) is 23.4. The Balaban J connectivity index is 1.93. The molecule has 1 saturated heterocycles. The maximum absolute atomic E-state index is 16.3. The summed E-state index contributed by atoms with van der Waals surface area (Å²) in [5.41, 5.74) is -3.90. The van der Waals surface area contributed by atoms with E-state index in [9.17, 15) is 19.5 Å². The number of aromatic nitrogens is 4. The summed E-state index contributed by atoms with van der Waals surface area (Å²) >= 11 is 13.1. The van der Waals surface area contributed by atoms with Gasteiger partial charge in [-0.05, 0) is 48.7 Å². The Bertz CT molecular complexity index is 1930. The van der Waals surface area contributed by atoms with Gasteiger partial charge in [-0.3, -0.25) is 23.9 Å². The molecule has 9 nitrogen and oxygen atoms in total. The van der Waals surface area contributed by atoms with Crippen LogP contribution in [0.4, 0.5) is 4.39 Å². The number of benzene rings is 1. The topological polar surface area (TPSA) is 110 Å². The molecule has 1 N–H and O–H groups in total. The lowest BCUT2D eigenvalue weighted by Gasteiger charge is -2.54. The molecule has 3 aromatic heterocycles. The number of carbonyl (C=O) groups is 1. The molecule has 43 heavy (non-hydrogen) atoms. The van der Waals surface area contributed by atoms with E-state index in [1.165, 1.54) is 24.3 Å². The molecular formula is C29H24B2Cl2FN5O4. The highest BCUT2D eigenvalue weighted by atomic mass is 35.5. The molecule has 0 bridgehead atoms. The predicted octanol–water partition coefficient (Wildman–Crippen LogP) is 3.74. The lowest BCUT2D eigenvalue weighted by atomic mass is 9.51. The van der Waals surface area contributed by atoms with Crippen LogP contribution in [0.5, 0.6) is 5.75 Å². The number of rotatable bonds is 6. The van der Waals surface area contributed by atoms with Crippen LogP contribution in [-0.4, -0.2) is 69.5 Å². The van der Waals surface area contributed by atoms with Crippen molar-refractivity contribution in [1.29, 1.82) is 0 Å². The summed E-state index contributed by atoms with van der Waals surface area (Å²) in [5.74, 6) is -1.00. The monoisotopic (exact) mass is 617 g/mol. The van der Waals surface area contributed by atoms with Crippen LogP contribution in [0.2, 0.25) is 10.0 Å². The van der Waals surface area contributed by atoms with Gasteiger partial charge in [-0.15, -0.1) is 0 Å². The number of likely N-dealkylation sites (tertiary alicyclic amines) is 1. The van der Waals surface area contributed by atoms with Crippen LogP contribution in [0.3, 0.4) is 0 Å². The molecule has 14 heteroatoms. The molecule has 1 fully saturated rings. The van der Waals surface area contributed by atoms with Gasteiger partial charge in [0.1, 0.15) is 5.75 Å². The highest BCUT2D eigenvalue weighted by molar-refractivity contribution is 6.39. The number of pyridine rings is 2. The van der Waals surface area contributed by atoms with Crippen LogP contribution in [0.1, 0.15) is 31.0 Å². The zero-order valence-corrected chi connectivity index (χ0v) is 24.9. The number of alkyl halides is 1. The van der Waals surface area contributed by atoms with E-state index < -0.39 is 41.1 Å². The highest BCUT2D eigenvalue weighted by Gasteiger charge is 2.56. The van der Waals surface area contributed by atoms with Gasteiger partial charge in [0.25, 0.3) is 0 Å². The van der Waals surface area contributed by atoms with Gasteiger partial charge in [-0.25, -0.2) is 9.37 Å². The third-order valence-electron chi connectivity index (χ3n) is 7.59. The van der Waals surface area contributed by atoms with E-state index in [2.05, 4.69) is 16.5 Å². The Hall–Kier alpha value is -3.89. The number of carbonyl (C=O) groups excluding carboxylic acids is 1. The normalized spacial score (nSPS) is 14.6. The average Bonchev–Trinajstić information content (AvgIpc) is 2.92. The highest BCUT2D eigenvalue weighted by Crippen LogP contribution is 2.42. The van der Waals surface area contributed by atoms with Crippen molar-refractivity contribution in [2.75, 3.05) is 13.1 Å². The minimum atomic E-state index is -2.64. The minimum Gasteiger partial charge on any atom is -0.507 e. The largest absolute Gasteiger partial charge is 0.507 e. The van der Waals surface area contributed by atoms with Crippen LogP contribution >= 0.6 is 23.2 Å². The summed E-state index contributed by atoms with van der Waals surface area (Å²) in [4.78, 5) is 50.2. The number of aryl methyl sites for hydroxylation is 1. The molecule has 1 aliphatic rings. The van der Waals surface area contributed by atoms with E-state index in [1.807, 2.05) is 13.8 Å². The Morgan fingerprint density at radius 1 is 1.19 bits per heavy atom. The van der Waals surface area contributed by atoms with Crippen LogP contribution < -0.4 is 11.1 Å². The number of amides is 1. The van der Waals surface area contributed by atoms with Gasteiger partial charge in [0.2, 0.25) is 5.91 Å². The van der Waals surface area contributed by atoms with Crippen molar-refractivity contribution in [2.45, 2.75) is 37.7 Å². The molecule has 4 heterocycles. The maximum atomic E-state index is 16.3. The van der Waals surface area contributed by atoms with Gasteiger partial charge < -0.3 is 14.6 Å². The summed E-state index contributed by atoms with van der Waals surface area (Å²) in [6.45, 7) is 7.72. The van der Waals surface area contributed by atoms with Gasteiger partial charge in [-0.2, -0.15) is 0 Å². The summed E-state index contributed by atoms with van der Waals surface area (Å²) < 4.78 is 18.0. The van der Waals surface area contributed by atoms with Gasteiger partial charge in [0, 0.05) is 11.5 Å². The van der Waals surface area contributed by atoms with Gasteiger partial charge >= 0.3 is 11.1 Å². The number of hydrogen-bond donors (Lipinski definition) is 1. The molecule has 1 amide bonds. The fraction of sp³-hybridized carbons (Fsp3) is 0.276. The molecule has 0 aliphatic carbocycles. The van der Waals surface area contributed by atoms with Crippen molar-refractivity contribution >= 4 is 56.0 Å². The first kappa shape index (κ1) is 30.6. The molecular weight excluding hydrogens is 594 g/mol. The summed E-state index contributed by atoms with van der Waals surface area (Å²) in [5, 5.41) is 8.02. The lowest BCUT2D eigenvalue weighted by Crippen LogP contribution is -2.74. The first-order valence-corrected chi connectivity index (χ1v) is 13.9. The number of aromatic hydroxyl groups is 1. The van der Waals surface area contributed by atoms with Crippen LogP contribution in [0.15, 0.2) is 58.8 Å². The van der Waals surface area contributed by atoms with Crippen molar-refractivity contribution in [1.82, 2.24) is 24.0 Å². The SMILES string of the molecule is [B]C([B])(n1c(=O)c(=O)n(-c2c(C)ccnc2C(C)C)c2nc(-c3c(O)cccc3Cl)c(Cl)cc21)C1(F)CN(C(=O)C=C)C1. The van der Waals surface area contributed by atoms with E-state index in [0.717, 1.165) is 15.5 Å². The molecule has 4 radical (unpaired) electrons. The molecule has 0 saturated carbocycles. The van der Waals surface area contributed by atoms with Gasteiger partial charge in [-0.1, -0.05) is 49.7 Å². The van der Waals surface area contributed by atoms with Crippen molar-refractivity contribution < 1.29 is 14.3 Å². The minimum absolute atomic E-state index is 0.0238. The molecule has 216 valence electrons. The molecule has 5 rings (SSSR count). The average molecular weight is 618 g/mol. The van der Waals surface area contributed by atoms with Crippen molar-refractivity contribution in [3.05, 3.63) is 91.2 Å². The Morgan fingerprint density at radius 3 is 2.47 bits per heavy atom. The molecule has 0 unspecified atom stereocenters. The second-order valence-electron chi connectivity index (χ2n) is 10.8. The third kappa shape index (κ3) is 4.67. The van der Waals surface area contributed by atoms with Gasteiger partial charge in [0.05, 0.1) is 67.0 Å².